The molecule has 0 amide bonds. The van der Waals surface area contributed by atoms with Crippen LogP contribution in [0.3, 0.4) is 0 Å². The van der Waals surface area contributed by atoms with Crippen LogP contribution in [0.4, 0.5) is 0 Å². The number of nitrogens with one attached hydrogen (secondary N) is 1. The summed E-state index contributed by atoms with van der Waals surface area (Å²) in [5.41, 5.74) is 0.522. The van der Waals surface area contributed by atoms with Gasteiger partial charge >= 0.3 is 0 Å². The van der Waals surface area contributed by atoms with Gasteiger partial charge in [-0.1, -0.05) is 34.1 Å². The van der Waals surface area contributed by atoms with Crippen LogP contribution in [0.5, 0.6) is 0 Å². The molecule has 1 saturated heterocycles. The van der Waals surface area contributed by atoms with Crippen molar-refractivity contribution in [2.24, 2.45) is 11.3 Å². The SMILES string of the molecule is CC(C)CC1CN(C2CCCC2(C)C)C(C)CN1. The lowest BCUT2D eigenvalue weighted by atomic mass is 9.84. The fraction of sp³-hybridized carbons (Fsp3) is 1.00. The van der Waals surface area contributed by atoms with Crippen LogP contribution in [0.15, 0.2) is 0 Å². The Morgan fingerprint density at radius 3 is 2.61 bits per heavy atom. The van der Waals surface area contributed by atoms with Gasteiger partial charge < -0.3 is 5.32 Å². The number of nitrogens with zero attached hydrogens (tertiary/aromatic N) is 1. The summed E-state index contributed by atoms with van der Waals surface area (Å²) in [5.74, 6) is 0.800. The van der Waals surface area contributed by atoms with Crippen molar-refractivity contribution in [1.29, 1.82) is 0 Å². The van der Waals surface area contributed by atoms with Gasteiger partial charge in [0.2, 0.25) is 0 Å². The number of rotatable bonds is 3. The van der Waals surface area contributed by atoms with Gasteiger partial charge in [-0.2, -0.15) is 0 Å². The summed E-state index contributed by atoms with van der Waals surface area (Å²) in [5, 5.41) is 3.74. The van der Waals surface area contributed by atoms with Crippen molar-refractivity contribution >= 4 is 0 Å². The molecule has 3 unspecified atom stereocenters. The molecule has 2 rings (SSSR count). The molecule has 1 N–H and O–H groups in total. The monoisotopic (exact) mass is 252 g/mol. The summed E-state index contributed by atoms with van der Waals surface area (Å²) >= 11 is 0. The van der Waals surface area contributed by atoms with Gasteiger partial charge in [0.1, 0.15) is 0 Å². The van der Waals surface area contributed by atoms with Gasteiger partial charge in [-0.25, -0.2) is 0 Å². The summed E-state index contributed by atoms with van der Waals surface area (Å²) in [6, 6.07) is 2.22. The van der Waals surface area contributed by atoms with Gasteiger partial charge in [0.05, 0.1) is 0 Å². The van der Waals surface area contributed by atoms with Crippen LogP contribution in [-0.4, -0.2) is 36.1 Å². The molecule has 0 aromatic rings. The zero-order valence-corrected chi connectivity index (χ0v) is 13.0. The van der Waals surface area contributed by atoms with Crippen LogP contribution >= 0.6 is 0 Å². The molecule has 0 bridgehead atoms. The van der Waals surface area contributed by atoms with Crippen LogP contribution < -0.4 is 5.32 Å². The third-order valence-electron chi connectivity index (χ3n) is 5.06. The molecule has 2 nitrogen and oxygen atoms in total. The Morgan fingerprint density at radius 1 is 1.33 bits per heavy atom. The second kappa shape index (κ2) is 5.50. The summed E-state index contributed by atoms with van der Waals surface area (Å²) in [6.07, 6.45) is 5.55. The Kier molecular flexibility index (Phi) is 4.38. The molecular weight excluding hydrogens is 220 g/mol. The average Bonchev–Trinajstić information content (AvgIpc) is 2.60. The number of hydrogen-bond donors (Lipinski definition) is 1. The number of hydrogen-bond acceptors (Lipinski definition) is 2. The highest BCUT2D eigenvalue weighted by Gasteiger charge is 2.41. The minimum absolute atomic E-state index is 0.522. The Hall–Kier alpha value is -0.0800. The molecule has 18 heavy (non-hydrogen) atoms. The molecule has 0 spiro atoms. The van der Waals surface area contributed by atoms with Crippen molar-refractivity contribution in [3.05, 3.63) is 0 Å². The van der Waals surface area contributed by atoms with Gasteiger partial charge in [-0.05, 0) is 37.5 Å². The second-order valence-electron chi connectivity index (χ2n) is 7.68. The molecule has 0 aromatic heterocycles. The lowest BCUT2D eigenvalue weighted by Crippen LogP contribution is -2.60. The number of piperazine rings is 1. The van der Waals surface area contributed by atoms with Crippen LogP contribution in [0.1, 0.15) is 60.3 Å². The van der Waals surface area contributed by atoms with E-state index in [0.717, 1.165) is 12.0 Å². The molecule has 1 saturated carbocycles. The van der Waals surface area contributed by atoms with Crippen molar-refractivity contribution in [3.63, 3.8) is 0 Å². The molecule has 0 aromatic carbocycles. The van der Waals surface area contributed by atoms with Crippen LogP contribution in [0.2, 0.25) is 0 Å². The molecule has 2 aliphatic rings. The van der Waals surface area contributed by atoms with Gasteiger partial charge in [-0.3, -0.25) is 4.90 Å². The molecule has 1 aliphatic carbocycles. The van der Waals surface area contributed by atoms with Gasteiger partial charge in [-0.15, -0.1) is 0 Å². The standard InChI is InChI=1S/C16H32N2/c1-12(2)9-14-11-18(13(3)10-17-14)15-7-6-8-16(15,4)5/h12-15,17H,6-11H2,1-5H3. The predicted molar refractivity (Wildman–Crippen MR) is 78.8 cm³/mol. The molecule has 1 aliphatic heterocycles. The zero-order valence-electron chi connectivity index (χ0n) is 13.0. The van der Waals surface area contributed by atoms with Crippen molar-refractivity contribution in [1.82, 2.24) is 10.2 Å². The fourth-order valence-electron chi connectivity index (χ4n) is 4.04. The van der Waals surface area contributed by atoms with E-state index >= 15 is 0 Å². The molecule has 2 fully saturated rings. The smallest absolute Gasteiger partial charge is 0.0198 e. The maximum absolute atomic E-state index is 3.74. The van der Waals surface area contributed by atoms with E-state index in [4.69, 9.17) is 0 Å². The molecule has 1 heterocycles. The lowest BCUT2D eigenvalue weighted by molar-refractivity contribution is 0.0389. The first kappa shape index (κ1) is 14.3. The first-order valence-corrected chi connectivity index (χ1v) is 7.89. The minimum Gasteiger partial charge on any atom is -0.311 e. The van der Waals surface area contributed by atoms with Gasteiger partial charge in [0, 0.05) is 31.2 Å². The van der Waals surface area contributed by atoms with Crippen LogP contribution in [0, 0.1) is 11.3 Å². The van der Waals surface area contributed by atoms with Crippen molar-refractivity contribution in [2.45, 2.75) is 78.4 Å². The van der Waals surface area contributed by atoms with E-state index < -0.39 is 0 Å². The maximum Gasteiger partial charge on any atom is 0.0198 e. The highest BCUT2D eigenvalue weighted by molar-refractivity contribution is 4.97. The maximum atomic E-state index is 3.74. The van der Waals surface area contributed by atoms with E-state index in [1.165, 1.54) is 38.8 Å². The molecule has 2 heteroatoms. The van der Waals surface area contributed by atoms with Gasteiger partial charge in [0.25, 0.3) is 0 Å². The zero-order chi connectivity index (χ0) is 13.3. The largest absolute Gasteiger partial charge is 0.311 e. The average molecular weight is 252 g/mol. The summed E-state index contributed by atoms with van der Waals surface area (Å²) in [7, 11) is 0. The summed E-state index contributed by atoms with van der Waals surface area (Å²) in [4.78, 5) is 2.82. The topological polar surface area (TPSA) is 15.3 Å². The molecule has 3 atom stereocenters. The van der Waals surface area contributed by atoms with E-state index in [1.807, 2.05) is 0 Å². The first-order chi connectivity index (χ1) is 8.40. The third-order valence-corrected chi connectivity index (χ3v) is 5.06. The Labute approximate surface area is 114 Å². The normalized spacial score (nSPS) is 37.3. The lowest BCUT2D eigenvalue weighted by Gasteiger charge is -2.47. The molecule has 106 valence electrons. The Morgan fingerprint density at radius 2 is 2.06 bits per heavy atom. The van der Waals surface area contributed by atoms with E-state index in [1.54, 1.807) is 0 Å². The van der Waals surface area contributed by atoms with Crippen LogP contribution in [-0.2, 0) is 0 Å². The Bertz CT molecular complexity index is 272. The predicted octanol–water partition coefficient (Wildman–Crippen LogP) is 3.27. The fourth-order valence-corrected chi connectivity index (χ4v) is 4.04. The third kappa shape index (κ3) is 3.08. The van der Waals surface area contributed by atoms with E-state index in [9.17, 15) is 0 Å². The highest BCUT2D eigenvalue weighted by atomic mass is 15.3. The van der Waals surface area contributed by atoms with E-state index in [0.29, 0.717) is 17.5 Å². The van der Waals surface area contributed by atoms with Crippen LogP contribution in [0.25, 0.3) is 0 Å². The van der Waals surface area contributed by atoms with Gasteiger partial charge in [0.15, 0.2) is 0 Å². The van der Waals surface area contributed by atoms with Crippen molar-refractivity contribution < 1.29 is 0 Å². The quantitative estimate of drug-likeness (QED) is 0.829. The second-order valence-corrected chi connectivity index (χ2v) is 7.68. The van der Waals surface area contributed by atoms with Crippen molar-refractivity contribution in [2.75, 3.05) is 13.1 Å². The molecular formula is C16H32N2. The molecule has 0 radical (unpaired) electrons. The van der Waals surface area contributed by atoms with E-state index in [-0.39, 0.29) is 0 Å². The van der Waals surface area contributed by atoms with Crippen molar-refractivity contribution in [3.8, 4) is 0 Å². The first-order valence-electron chi connectivity index (χ1n) is 7.89. The summed E-state index contributed by atoms with van der Waals surface area (Å²) < 4.78 is 0. The Balaban J connectivity index is 2.01. The minimum atomic E-state index is 0.522. The highest BCUT2D eigenvalue weighted by Crippen LogP contribution is 2.41. The summed E-state index contributed by atoms with van der Waals surface area (Å²) in [6.45, 7) is 14.4. The van der Waals surface area contributed by atoms with E-state index in [2.05, 4.69) is 44.8 Å².